The minimum absolute atomic E-state index is 0.0593. The monoisotopic (exact) mass is 316 g/mol. The van der Waals surface area contributed by atoms with Crippen LogP contribution in [0, 0.1) is 6.92 Å². The number of carbonyl (C=O) groups excluding carboxylic acids is 1. The maximum atomic E-state index is 12.3. The van der Waals surface area contributed by atoms with Crippen LogP contribution in [0.2, 0.25) is 0 Å². The highest BCUT2D eigenvalue weighted by atomic mass is 32.2. The predicted octanol–water partition coefficient (Wildman–Crippen LogP) is 1.71. The molecule has 0 radical (unpaired) electrons. The number of hydrogen-bond acceptors (Lipinski definition) is 4. The summed E-state index contributed by atoms with van der Waals surface area (Å²) in [4.78, 5) is 17.7. The molecule has 0 bridgehead atoms. The van der Waals surface area contributed by atoms with Gasteiger partial charge in [0.25, 0.3) is 0 Å². The van der Waals surface area contributed by atoms with Crippen molar-refractivity contribution < 1.29 is 13.2 Å². The second-order valence-electron chi connectivity index (χ2n) is 5.45. The third-order valence-electron chi connectivity index (χ3n) is 3.71. The third-order valence-corrected chi connectivity index (χ3v) is 5.21. The molecule has 0 fully saturated rings. The lowest BCUT2D eigenvalue weighted by molar-refractivity contribution is -0.129. The first kappa shape index (κ1) is 14.7. The number of carbonyl (C=O) groups is 1. The average molecular weight is 316 g/mol. The first-order valence-corrected chi connectivity index (χ1v) is 8.61. The largest absolute Gasteiger partial charge is 0.333 e. The Labute approximate surface area is 129 Å². The number of rotatable bonds is 3. The molecule has 0 aliphatic carbocycles. The topological polar surface area (TPSA) is 67.3 Å². The fourth-order valence-electron chi connectivity index (χ4n) is 2.56. The zero-order valence-electron chi connectivity index (χ0n) is 12.2. The Morgan fingerprint density at radius 3 is 2.68 bits per heavy atom. The smallest absolute Gasteiger partial charge is 0.238 e. The van der Waals surface area contributed by atoms with Gasteiger partial charge in [0.05, 0.1) is 0 Å². The second kappa shape index (κ2) is 5.53. The van der Waals surface area contributed by atoms with Gasteiger partial charge in [-0.2, -0.15) is 0 Å². The van der Waals surface area contributed by atoms with Crippen molar-refractivity contribution in [3.8, 4) is 0 Å². The van der Waals surface area contributed by atoms with Gasteiger partial charge in [-0.25, -0.2) is 13.4 Å². The molecule has 2 heterocycles. The summed E-state index contributed by atoms with van der Waals surface area (Å²) >= 11 is 0. The minimum Gasteiger partial charge on any atom is -0.333 e. The van der Waals surface area contributed by atoms with Crippen LogP contribution in [0.15, 0.2) is 47.6 Å². The van der Waals surface area contributed by atoms with Crippen molar-refractivity contribution >= 4 is 15.7 Å². The number of pyridine rings is 1. The fraction of sp³-hybridized carbons (Fsp3) is 0.250. The predicted molar refractivity (Wildman–Crippen MR) is 81.7 cm³/mol. The van der Waals surface area contributed by atoms with Crippen molar-refractivity contribution in [3.05, 3.63) is 59.3 Å². The molecule has 1 aliphatic rings. The number of nitrogens with zero attached hydrogens (tertiary/aromatic N) is 2. The average Bonchev–Trinajstić information content (AvgIpc) is 2.91. The van der Waals surface area contributed by atoms with Crippen LogP contribution in [0.1, 0.15) is 16.7 Å². The molecule has 5 nitrogen and oxygen atoms in total. The van der Waals surface area contributed by atoms with Crippen molar-refractivity contribution in [1.82, 2.24) is 9.88 Å². The van der Waals surface area contributed by atoms with E-state index in [1.807, 2.05) is 25.1 Å². The van der Waals surface area contributed by atoms with Crippen LogP contribution < -0.4 is 0 Å². The molecule has 0 saturated carbocycles. The molecule has 0 spiro atoms. The zero-order chi connectivity index (χ0) is 15.7. The zero-order valence-corrected chi connectivity index (χ0v) is 13.0. The van der Waals surface area contributed by atoms with Crippen LogP contribution in [0.4, 0.5) is 0 Å². The highest BCUT2D eigenvalue weighted by Gasteiger charge is 2.28. The van der Waals surface area contributed by atoms with Gasteiger partial charge in [0.15, 0.2) is 5.03 Å². The second-order valence-corrected chi connectivity index (χ2v) is 7.39. The quantitative estimate of drug-likeness (QED) is 0.864. The molecule has 2 aromatic rings. The Bertz CT molecular complexity index is 817. The van der Waals surface area contributed by atoms with Gasteiger partial charge in [-0.1, -0.05) is 29.8 Å². The summed E-state index contributed by atoms with van der Waals surface area (Å²) in [6.45, 7) is 2.93. The number of hydrogen-bond donors (Lipinski definition) is 0. The summed E-state index contributed by atoms with van der Waals surface area (Å²) in [5.41, 5.74) is 3.30. The molecule has 0 N–H and O–H groups in total. The Balaban J connectivity index is 1.74. The van der Waals surface area contributed by atoms with Crippen molar-refractivity contribution in [1.29, 1.82) is 0 Å². The summed E-state index contributed by atoms with van der Waals surface area (Å²) in [5, 5.41) is -0.0593. The van der Waals surface area contributed by atoms with Crippen LogP contribution in [0.3, 0.4) is 0 Å². The minimum atomic E-state index is -3.69. The summed E-state index contributed by atoms with van der Waals surface area (Å²) in [5.74, 6) is -0.934. The van der Waals surface area contributed by atoms with Crippen molar-refractivity contribution in [3.63, 3.8) is 0 Å². The molecule has 22 heavy (non-hydrogen) atoms. The lowest BCUT2D eigenvalue weighted by Gasteiger charge is -2.15. The summed E-state index contributed by atoms with van der Waals surface area (Å²) in [6, 6.07) is 10.7. The van der Waals surface area contributed by atoms with Crippen molar-refractivity contribution in [2.75, 3.05) is 5.75 Å². The molecule has 1 aromatic carbocycles. The molecule has 3 rings (SSSR count). The number of sulfone groups is 1. The van der Waals surface area contributed by atoms with Crippen LogP contribution in [-0.4, -0.2) is 30.0 Å². The molecule has 1 amide bonds. The van der Waals surface area contributed by atoms with E-state index in [2.05, 4.69) is 4.98 Å². The molecule has 0 atom stereocenters. The normalized spacial score (nSPS) is 14.0. The fourth-order valence-corrected chi connectivity index (χ4v) is 3.72. The van der Waals surface area contributed by atoms with E-state index in [4.69, 9.17) is 0 Å². The van der Waals surface area contributed by atoms with E-state index in [1.54, 1.807) is 17.0 Å². The Hall–Kier alpha value is -2.21. The number of amides is 1. The van der Waals surface area contributed by atoms with Crippen molar-refractivity contribution in [2.45, 2.75) is 25.0 Å². The lowest BCUT2D eigenvalue weighted by Crippen LogP contribution is -2.31. The highest BCUT2D eigenvalue weighted by Crippen LogP contribution is 2.24. The maximum Gasteiger partial charge on any atom is 0.238 e. The Kier molecular flexibility index (Phi) is 3.70. The molecule has 6 heteroatoms. The molecule has 1 aromatic heterocycles. The van der Waals surface area contributed by atoms with E-state index >= 15 is 0 Å². The number of aromatic nitrogens is 1. The maximum absolute atomic E-state index is 12.3. The van der Waals surface area contributed by atoms with Crippen LogP contribution in [0.5, 0.6) is 0 Å². The molecule has 0 saturated heterocycles. The van der Waals surface area contributed by atoms with Gasteiger partial charge in [-0.3, -0.25) is 4.79 Å². The van der Waals surface area contributed by atoms with Gasteiger partial charge in [-0.05, 0) is 30.2 Å². The summed E-state index contributed by atoms with van der Waals surface area (Å²) in [6.07, 6.45) is 1.41. The van der Waals surface area contributed by atoms with Gasteiger partial charge in [0.1, 0.15) is 5.75 Å². The SMILES string of the molecule is Cc1ccc2c(c1)CN(C(=O)CS(=O)(=O)c1ccccn1)C2. The van der Waals surface area contributed by atoms with E-state index < -0.39 is 15.6 Å². The first-order valence-electron chi connectivity index (χ1n) is 6.96. The Morgan fingerprint density at radius 2 is 1.95 bits per heavy atom. The van der Waals surface area contributed by atoms with Crippen LogP contribution >= 0.6 is 0 Å². The van der Waals surface area contributed by atoms with Gasteiger partial charge in [0.2, 0.25) is 15.7 Å². The highest BCUT2D eigenvalue weighted by molar-refractivity contribution is 7.92. The first-order chi connectivity index (χ1) is 10.5. The molecule has 114 valence electrons. The molecular formula is C16H16N2O3S. The Morgan fingerprint density at radius 1 is 1.18 bits per heavy atom. The van der Waals surface area contributed by atoms with Crippen molar-refractivity contribution in [2.24, 2.45) is 0 Å². The number of aryl methyl sites for hydroxylation is 1. The van der Waals surface area contributed by atoms with E-state index in [0.717, 1.165) is 16.7 Å². The number of benzene rings is 1. The number of fused-ring (bicyclic) bond motifs is 1. The lowest BCUT2D eigenvalue weighted by atomic mass is 10.1. The van der Waals surface area contributed by atoms with E-state index in [-0.39, 0.29) is 10.9 Å². The third kappa shape index (κ3) is 2.87. The van der Waals surface area contributed by atoms with Gasteiger partial charge >= 0.3 is 0 Å². The summed E-state index contributed by atoms with van der Waals surface area (Å²) < 4.78 is 24.4. The van der Waals surface area contributed by atoms with Crippen LogP contribution in [0.25, 0.3) is 0 Å². The van der Waals surface area contributed by atoms with Gasteiger partial charge in [-0.15, -0.1) is 0 Å². The molecule has 1 aliphatic heterocycles. The van der Waals surface area contributed by atoms with Gasteiger partial charge in [0, 0.05) is 19.3 Å². The van der Waals surface area contributed by atoms with E-state index in [0.29, 0.717) is 13.1 Å². The molecular weight excluding hydrogens is 300 g/mol. The molecule has 0 unspecified atom stereocenters. The standard InChI is InChI=1S/C16H16N2O3S/c1-12-5-6-13-9-18(10-14(13)8-12)16(19)11-22(20,21)15-4-2-3-7-17-15/h2-8H,9-11H2,1H3. The van der Waals surface area contributed by atoms with E-state index in [1.165, 1.54) is 12.3 Å². The van der Waals surface area contributed by atoms with Gasteiger partial charge < -0.3 is 4.90 Å². The van der Waals surface area contributed by atoms with E-state index in [9.17, 15) is 13.2 Å². The summed E-state index contributed by atoms with van der Waals surface area (Å²) in [7, 11) is -3.69. The van der Waals surface area contributed by atoms with Crippen LogP contribution in [-0.2, 0) is 27.7 Å².